The van der Waals surface area contributed by atoms with Gasteiger partial charge in [0.25, 0.3) is 0 Å². The number of carbonyl (C=O) groups is 3. The van der Waals surface area contributed by atoms with E-state index >= 15 is 0 Å². The molecule has 3 aliphatic rings. The van der Waals surface area contributed by atoms with Crippen molar-refractivity contribution in [3.05, 3.63) is 88.9 Å². The van der Waals surface area contributed by atoms with Crippen LogP contribution in [-0.4, -0.2) is 42.1 Å². The average molecular weight is 501 g/mol. The van der Waals surface area contributed by atoms with Gasteiger partial charge in [0.05, 0.1) is 36.9 Å². The highest BCUT2D eigenvalue weighted by atomic mass is 35.5. The number of rotatable bonds is 4. The Balaban J connectivity index is 1.42. The fourth-order valence-electron chi connectivity index (χ4n) is 5.40. The van der Waals surface area contributed by atoms with Gasteiger partial charge in [-0.05, 0) is 59.7 Å². The second-order valence-electron chi connectivity index (χ2n) is 8.90. The molecule has 0 radical (unpaired) electrons. The topological polar surface area (TPSA) is 91.3 Å². The Morgan fingerprint density at radius 1 is 0.944 bits per heavy atom. The van der Waals surface area contributed by atoms with Crippen molar-refractivity contribution in [1.29, 1.82) is 0 Å². The maximum absolute atomic E-state index is 13.8. The number of hydrogen-bond donors (Lipinski definition) is 1. The number of methoxy groups -OCH3 is 1. The van der Waals surface area contributed by atoms with E-state index in [0.29, 0.717) is 22.1 Å². The largest absolute Gasteiger partial charge is 0.497 e. The average Bonchev–Trinajstić information content (AvgIpc) is 3.38. The molecule has 180 valence electrons. The summed E-state index contributed by atoms with van der Waals surface area (Å²) in [4.78, 5) is 42.5. The number of nitrogens with one attached hydrogen (secondary N) is 1. The molecule has 36 heavy (non-hydrogen) atoms. The molecule has 4 unspecified atom stereocenters. The molecule has 0 bridgehead atoms. The zero-order chi connectivity index (χ0) is 25.0. The van der Waals surface area contributed by atoms with E-state index in [0.717, 1.165) is 11.1 Å². The van der Waals surface area contributed by atoms with Crippen LogP contribution in [-0.2, 0) is 14.4 Å². The van der Waals surface area contributed by atoms with Gasteiger partial charge in [0, 0.05) is 10.7 Å². The molecule has 9 heteroatoms. The quantitative estimate of drug-likeness (QED) is 0.549. The molecule has 3 aliphatic heterocycles. The lowest BCUT2D eigenvalue weighted by Gasteiger charge is -2.33. The Morgan fingerprint density at radius 3 is 2.36 bits per heavy atom. The number of fused-ring (bicyclic) bond motifs is 5. The maximum Gasteiger partial charge on any atom is 0.249 e. The SMILES string of the molecule is COc1ccc(N2C(=O)C3C(C2=O)C2c4ccccc4C=NN2C3C(=O)Nc2ccc(Cl)cc2)cc1. The Hall–Kier alpha value is -4.17. The van der Waals surface area contributed by atoms with E-state index in [-0.39, 0.29) is 5.91 Å². The first-order valence-corrected chi connectivity index (χ1v) is 11.9. The zero-order valence-electron chi connectivity index (χ0n) is 19.2. The van der Waals surface area contributed by atoms with E-state index in [2.05, 4.69) is 10.4 Å². The van der Waals surface area contributed by atoms with Gasteiger partial charge in [0.2, 0.25) is 17.7 Å². The van der Waals surface area contributed by atoms with Crippen LogP contribution in [0.25, 0.3) is 0 Å². The van der Waals surface area contributed by atoms with Crippen molar-refractivity contribution >= 4 is 46.9 Å². The number of anilines is 2. The third-order valence-corrected chi connectivity index (χ3v) is 7.26. The van der Waals surface area contributed by atoms with Crippen LogP contribution in [0, 0.1) is 11.8 Å². The van der Waals surface area contributed by atoms with Crippen LogP contribution < -0.4 is 15.0 Å². The second-order valence-corrected chi connectivity index (χ2v) is 9.34. The van der Waals surface area contributed by atoms with Crippen LogP contribution in [0.1, 0.15) is 17.2 Å². The summed E-state index contributed by atoms with van der Waals surface area (Å²) in [6, 6.07) is 19.5. The van der Waals surface area contributed by atoms with Crippen LogP contribution in [0.3, 0.4) is 0 Å². The molecule has 4 atom stereocenters. The lowest BCUT2D eigenvalue weighted by atomic mass is 9.85. The third-order valence-electron chi connectivity index (χ3n) is 7.00. The number of amides is 3. The first-order valence-electron chi connectivity index (χ1n) is 11.5. The lowest BCUT2D eigenvalue weighted by molar-refractivity contribution is -0.129. The Labute approximate surface area is 212 Å². The van der Waals surface area contributed by atoms with Crippen molar-refractivity contribution in [3.63, 3.8) is 0 Å². The minimum atomic E-state index is -0.972. The van der Waals surface area contributed by atoms with Gasteiger partial charge in [-0.1, -0.05) is 35.9 Å². The second kappa shape index (κ2) is 8.49. The molecule has 3 aromatic rings. The summed E-state index contributed by atoms with van der Waals surface area (Å²) in [5.41, 5.74) is 2.70. The molecule has 3 heterocycles. The maximum atomic E-state index is 13.8. The van der Waals surface area contributed by atoms with Gasteiger partial charge in [-0.15, -0.1) is 0 Å². The fraction of sp³-hybridized carbons (Fsp3) is 0.185. The Bertz CT molecular complexity index is 1410. The Morgan fingerprint density at radius 2 is 1.64 bits per heavy atom. The van der Waals surface area contributed by atoms with Gasteiger partial charge in [0.1, 0.15) is 11.8 Å². The van der Waals surface area contributed by atoms with Crippen LogP contribution in [0.15, 0.2) is 77.9 Å². The highest BCUT2D eigenvalue weighted by molar-refractivity contribution is 6.30. The number of hydrogen-bond acceptors (Lipinski definition) is 6. The first kappa shape index (κ1) is 22.3. The molecule has 2 fully saturated rings. The molecule has 0 saturated carbocycles. The predicted octanol–water partition coefficient (Wildman–Crippen LogP) is 3.87. The lowest BCUT2D eigenvalue weighted by Crippen LogP contribution is -2.46. The number of nitrogens with zero attached hydrogens (tertiary/aromatic N) is 3. The number of hydrazone groups is 1. The van der Waals surface area contributed by atoms with E-state index in [1.165, 1.54) is 4.90 Å². The monoisotopic (exact) mass is 500 g/mol. The van der Waals surface area contributed by atoms with Crippen molar-refractivity contribution in [3.8, 4) is 5.75 Å². The molecule has 6 rings (SSSR count). The summed E-state index contributed by atoms with van der Waals surface area (Å²) in [6.07, 6.45) is 1.67. The van der Waals surface area contributed by atoms with E-state index in [1.54, 1.807) is 66.9 Å². The van der Waals surface area contributed by atoms with Gasteiger partial charge < -0.3 is 10.1 Å². The van der Waals surface area contributed by atoms with Crippen LogP contribution in [0.5, 0.6) is 5.75 Å². The molecule has 3 aromatic carbocycles. The van der Waals surface area contributed by atoms with Gasteiger partial charge in [-0.25, -0.2) is 4.90 Å². The molecular weight excluding hydrogens is 480 g/mol. The van der Waals surface area contributed by atoms with Gasteiger partial charge in [0.15, 0.2) is 0 Å². The standard InChI is InChI=1S/C27H21ClN4O4/c1-36-19-12-10-18(11-13-19)31-26(34)21-22(27(31)35)24(25(33)30-17-8-6-16(28)7-9-17)32-23(21)20-5-3-2-4-15(20)14-29-32/h2-14,21-24H,1H3,(H,30,33). The Kier molecular flexibility index (Phi) is 5.26. The minimum Gasteiger partial charge on any atom is -0.497 e. The van der Waals surface area contributed by atoms with E-state index in [9.17, 15) is 14.4 Å². The summed E-state index contributed by atoms with van der Waals surface area (Å²) in [6.45, 7) is 0. The summed E-state index contributed by atoms with van der Waals surface area (Å²) in [7, 11) is 1.55. The molecule has 0 spiro atoms. The molecule has 0 aliphatic carbocycles. The predicted molar refractivity (Wildman–Crippen MR) is 135 cm³/mol. The number of halogens is 1. The van der Waals surface area contributed by atoms with E-state index in [1.807, 2.05) is 24.3 Å². The van der Waals surface area contributed by atoms with Gasteiger partial charge in [-0.2, -0.15) is 5.10 Å². The molecule has 0 aromatic heterocycles. The number of imide groups is 1. The van der Waals surface area contributed by atoms with Crippen molar-refractivity contribution < 1.29 is 19.1 Å². The van der Waals surface area contributed by atoms with Crippen LogP contribution in [0.2, 0.25) is 5.02 Å². The molecule has 2 saturated heterocycles. The summed E-state index contributed by atoms with van der Waals surface area (Å²) >= 11 is 5.98. The third kappa shape index (κ3) is 3.37. The van der Waals surface area contributed by atoms with Gasteiger partial charge >= 0.3 is 0 Å². The summed E-state index contributed by atoms with van der Waals surface area (Å²) in [5.74, 6) is -2.24. The number of carbonyl (C=O) groups excluding carboxylic acids is 3. The first-order chi connectivity index (χ1) is 17.5. The van der Waals surface area contributed by atoms with Crippen molar-refractivity contribution in [2.24, 2.45) is 16.9 Å². The fourth-order valence-corrected chi connectivity index (χ4v) is 5.53. The number of benzene rings is 3. The molecular formula is C27H21ClN4O4. The highest BCUT2D eigenvalue weighted by Gasteiger charge is 2.65. The minimum absolute atomic E-state index is 0.348. The van der Waals surface area contributed by atoms with Crippen molar-refractivity contribution in [1.82, 2.24) is 5.01 Å². The molecule has 8 nitrogen and oxygen atoms in total. The van der Waals surface area contributed by atoms with Gasteiger partial charge in [-0.3, -0.25) is 19.4 Å². The van der Waals surface area contributed by atoms with E-state index < -0.39 is 35.7 Å². The molecule has 1 N–H and O–H groups in total. The molecule has 3 amide bonds. The van der Waals surface area contributed by atoms with Crippen LogP contribution >= 0.6 is 11.6 Å². The van der Waals surface area contributed by atoms with Crippen molar-refractivity contribution in [2.45, 2.75) is 12.1 Å². The normalized spacial score (nSPS) is 23.8. The highest BCUT2D eigenvalue weighted by Crippen LogP contribution is 2.52. The number of ether oxygens (including phenoxy) is 1. The van der Waals surface area contributed by atoms with E-state index in [4.69, 9.17) is 16.3 Å². The van der Waals surface area contributed by atoms with Crippen LogP contribution in [0.4, 0.5) is 11.4 Å². The zero-order valence-corrected chi connectivity index (χ0v) is 19.9. The van der Waals surface area contributed by atoms with Crippen molar-refractivity contribution in [2.75, 3.05) is 17.3 Å². The summed E-state index contributed by atoms with van der Waals surface area (Å²) < 4.78 is 5.21. The summed E-state index contributed by atoms with van der Waals surface area (Å²) in [5, 5.41) is 9.58. The smallest absolute Gasteiger partial charge is 0.249 e.